The van der Waals surface area contributed by atoms with Crippen LogP contribution < -0.4 is 16.0 Å². The minimum Gasteiger partial charge on any atom is -0.371 e. The van der Waals surface area contributed by atoms with Crippen molar-refractivity contribution in [2.45, 2.75) is 58.0 Å². The highest BCUT2D eigenvalue weighted by atomic mass is 16.1. The lowest BCUT2D eigenvalue weighted by Gasteiger charge is -2.44. The Morgan fingerprint density at radius 2 is 1.93 bits per heavy atom. The summed E-state index contributed by atoms with van der Waals surface area (Å²) in [5.74, 6) is 0.946. The summed E-state index contributed by atoms with van der Waals surface area (Å²) in [7, 11) is 0. The number of hydrogen-bond acceptors (Lipinski definition) is 3. The third-order valence-corrected chi connectivity index (χ3v) is 5.63. The molecule has 0 saturated heterocycles. The Balaban J connectivity index is 1.66. The Labute approximate surface area is 166 Å². The van der Waals surface area contributed by atoms with E-state index in [2.05, 4.69) is 47.1 Å². The van der Waals surface area contributed by atoms with Crippen molar-refractivity contribution in [2.24, 2.45) is 4.99 Å². The molecule has 1 fully saturated rings. The highest BCUT2D eigenvalue weighted by molar-refractivity contribution is 6.10. The molecule has 3 N–H and O–H groups in total. The Hall–Kier alpha value is -2.82. The molecule has 2 aromatic rings. The van der Waals surface area contributed by atoms with Crippen LogP contribution >= 0.6 is 0 Å². The van der Waals surface area contributed by atoms with Gasteiger partial charge in [-0.1, -0.05) is 49.1 Å². The highest BCUT2D eigenvalue weighted by Gasteiger charge is 2.40. The zero-order valence-electron chi connectivity index (χ0n) is 16.6. The SMILES string of the molecule is CC(=O)Nc1ccc2c(c1)NC(=NCc1cccc(C)c1)C1(CCCCC1)N2. The predicted molar refractivity (Wildman–Crippen MR) is 116 cm³/mol. The van der Waals surface area contributed by atoms with Crippen molar-refractivity contribution in [1.82, 2.24) is 0 Å². The summed E-state index contributed by atoms with van der Waals surface area (Å²) in [5, 5.41) is 10.2. The van der Waals surface area contributed by atoms with Crippen molar-refractivity contribution in [1.29, 1.82) is 0 Å². The smallest absolute Gasteiger partial charge is 0.221 e. The Bertz CT molecular complexity index is 913. The monoisotopic (exact) mass is 376 g/mol. The van der Waals surface area contributed by atoms with Crippen LogP contribution in [-0.2, 0) is 11.3 Å². The van der Waals surface area contributed by atoms with Gasteiger partial charge in [0.25, 0.3) is 0 Å². The zero-order chi connectivity index (χ0) is 19.6. The maximum atomic E-state index is 11.4. The van der Waals surface area contributed by atoms with E-state index < -0.39 is 0 Å². The Kier molecular flexibility index (Phi) is 5.07. The molecule has 146 valence electrons. The molecule has 4 rings (SSSR count). The van der Waals surface area contributed by atoms with E-state index in [9.17, 15) is 4.79 Å². The number of anilines is 3. The van der Waals surface area contributed by atoms with Gasteiger partial charge in [0.05, 0.1) is 23.5 Å². The molecule has 1 saturated carbocycles. The Morgan fingerprint density at radius 1 is 1.11 bits per heavy atom. The standard InChI is InChI=1S/C23H28N4O/c1-16-7-6-8-18(13-16)15-24-22-23(11-4-3-5-12-23)27-20-10-9-19(25-17(2)28)14-21(20)26-22/h6-10,13-14,27H,3-5,11-12,15H2,1-2H3,(H,24,26)(H,25,28). The fraction of sp³-hybridized carbons (Fsp3) is 0.391. The zero-order valence-corrected chi connectivity index (χ0v) is 16.6. The second-order valence-electron chi connectivity index (χ2n) is 7.99. The van der Waals surface area contributed by atoms with Gasteiger partial charge in [0, 0.05) is 12.6 Å². The van der Waals surface area contributed by atoms with E-state index in [1.165, 1.54) is 37.3 Å². The molecule has 2 aliphatic rings. The van der Waals surface area contributed by atoms with E-state index in [4.69, 9.17) is 4.99 Å². The number of aryl methyl sites for hydroxylation is 1. The molecule has 1 aliphatic heterocycles. The van der Waals surface area contributed by atoms with E-state index in [-0.39, 0.29) is 11.4 Å². The number of nitrogens with zero attached hydrogens (tertiary/aromatic N) is 1. The second kappa shape index (κ2) is 7.66. The maximum Gasteiger partial charge on any atom is 0.221 e. The van der Waals surface area contributed by atoms with Gasteiger partial charge in [0.2, 0.25) is 5.91 Å². The number of aliphatic imine (C=N–C) groups is 1. The summed E-state index contributed by atoms with van der Waals surface area (Å²) in [6.45, 7) is 4.30. The molecule has 1 aliphatic carbocycles. The van der Waals surface area contributed by atoms with Crippen LogP contribution in [0.4, 0.5) is 17.1 Å². The van der Waals surface area contributed by atoms with Crippen LogP contribution in [0.25, 0.3) is 0 Å². The first-order valence-corrected chi connectivity index (χ1v) is 10.1. The third-order valence-electron chi connectivity index (χ3n) is 5.63. The second-order valence-corrected chi connectivity index (χ2v) is 7.99. The maximum absolute atomic E-state index is 11.4. The van der Waals surface area contributed by atoms with Crippen molar-refractivity contribution in [3.05, 3.63) is 53.6 Å². The quantitative estimate of drug-likeness (QED) is 0.699. The van der Waals surface area contributed by atoms with Crippen LogP contribution in [0.2, 0.25) is 0 Å². The van der Waals surface area contributed by atoms with Gasteiger partial charge in [-0.2, -0.15) is 0 Å². The number of carbonyl (C=O) groups is 1. The molecule has 1 amide bonds. The molecular formula is C23H28N4O. The number of amidine groups is 1. The third kappa shape index (κ3) is 3.88. The fourth-order valence-corrected chi connectivity index (χ4v) is 4.29. The first-order chi connectivity index (χ1) is 13.5. The number of hydrogen-bond donors (Lipinski definition) is 3. The van der Waals surface area contributed by atoms with Crippen molar-refractivity contribution in [3.8, 4) is 0 Å². The summed E-state index contributed by atoms with van der Waals surface area (Å²) in [4.78, 5) is 16.4. The van der Waals surface area contributed by atoms with Crippen LogP contribution in [0.1, 0.15) is 50.2 Å². The van der Waals surface area contributed by atoms with E-state index in [1.807, 2.05) is 18.2 Å². The van der Waals surface area contributed by atoms with Gasteiger partial charge in [-0.15, -0.1) is 0 Å². The summed E-state index contributed by atoms with van der Waals surface area (Å²) in [6, 6.07) is 14.5. The van der Waals surface area contributed by atoms with E-state index in [0.717, 1.165) is 35.7 Å². The lowest BCUT2D eigenvalue weighted by molar-refractivity contribution is -0.114. The molecule has 1 spiro atoms. The Morgan fingerprint density at radius 3 is 2.68 bits per heavy atom. The number of fused-ring (bicyclic) bond motifs is 1. The summed E-state index contributed by atoms with van der Waals surface area (Å²) < 4.78 is 0. The molecular weight excluding hydrogens is 348 g/mol. The lowest BCUT2D eigenvalue weighted by Crippen LogP contribution is -2.53. The van der Waals surface area contributed by atoms with Gasteiger partial charge >= 0.3 is 0 Å². The average molecular weight is 377 g/mol. The van der Waals surface area contributed by atoms with Crippen LogP contribution in [0.15, 0.2) is 47.5 Å². The largest absolute Gasteiger partial charge is 0.371 e. The fourth-order valence-electron chi connectivity index (χ4n) is 4.29. The number of benzene rings is 2. The van der Waals surface area contributed by atoms with Crippen LogP contribution in [0.3, 0.4) is 0 Å². The molecule has 2 aromatic carbocycles. The van der Waals surface area contributed by atoms with Gasteiger partial charge in [-0.25, -0.2) is 0 Å². The minimum atomic E-state index is -0.120. The minimum absolute atomic E-state index is 0.0687. The van der Waals surface area contributed by atoms with Crippen LogP contribution in [0, 0.1) is 6.92 Å². The van der Waals surface area contributed by atoms with Crippen molar-refractivity contribution >= 4 is 28.8 Å². The van der Waals surface area contributed by atoms with Crippen LogP contribution in [0.5, 0.6) is 0 Å². The molecule has 0 atom stereocenters. The first kappa shape index (κ1) is 18.5. The van der Waals surface area contributed by atoms with Gasteiger partial charge < -0.3 is 16.0 Å². The number of carbonyl (C=O) groups excluding carboxylic acids is 1. The number of nitrogens with one attached hydrogen (secondary N) is 3. The topological polar surface area (TPSA) is 65.5 Å². The van der Waals surface area contributed by atoms with E-state index in [1.54, 1.807) is 0 Å². The first-order valence-electron chi connectivity index (χ1n) is 10.1. The summed E-state index contributed by atoms with van der Waals surface area (Å²) in [6.07, 6.45) is 5.86. The molecule has 0 radical (unpaired) electrons. The van der Waals surface area contributed by atoms with Crippen LogP contribution in [-0.4, -0.2) is 17.3 Å². The molecule has 5 heteroatoms. The summed E-state index contributed by atoms with van der Waals surface area (Å²) in [5.41, 5.74) is 5.18. The predicted octanol–water partition coefficient (Wildman–Crippen LogP) is 5.09. The van der Waals surface area contributed by atoms with E-state index >= 15 is 0 Å². The number of rotatable bonds is 3. The molecule has 5 nitrogen and oxygen atoms in total. The van der Waals surface area contributed by atoms with E-state index in [0.29, 0.717) is 6.54 Å². The van der Waals surface area contributed by atoms with Gasteiger partial charge in [0.15, 0.2) is 0 Å². The van der Waals surface area contributed by atoms with Gasteiger partial charge in [-0.05, 0) is 43.5 Å². The van der Waals surface area contributed by atoms with Crippen molar-refractivity contribution in [3.63, 3.8) is 0 Å². The number of amides is 1. The normalized spacial score (nSPS) is 18.9. The van der Waals surface area contributed by atoms with Crippen molar-refractivity contribution in [2.75, 3.05) is 16.0 Å². The van der Waals surface area contributed by atoms with Gasteiger partial charge in [-0.3, -0.25) is 9.79 Å². The molecule has 1 heterocycles. The molecule has 0 bridgehead atoms. The summed E-state index contributed by atoms with van der Waals surface area (Å²) >= 11 is 0. The van der Waals surface area contributed by atoms with Gasteiger partial charge in [0.1, 0.15) is 5.84 Å². The lowest BCUT2D eigenvalue weighted by atomic mass is 9.79. The highest BCUT2D eigenvalue weighted by Crippen LogP contribution is 2.40. The van der Waals surface area contributed by atoms with Crippen molar-refractivity contribution < 1.29 is 4.79 Å². The molecule has 0 aromatic heterocycles. The molecule has 28 heavy (non-hydrogen) atoms. The molecule has 0 unspecified atom stereocenters. The average Bonchev–Trinajstić information content (AvgIpc) is 2.67.